The monoisotopic (exact) mass is 292 g/mol. The maximum absolute atomic E-state index is 11.5. The van der Waals surface area contributed by atoms with Crippen LogP contribution in [0.25, 0.3) is 11.0 Å². The Labute approximate surface area is 122 Å². The molecule has 0 saturated carbocycles. The number of amides is 1. The summed E-state index contributed by atoms with van der Waals surface area (Å²) in [6.07, 6.45) is 0.479. The lowest BCUT2D eigenvalue weighted by atomic mass is 10.2. The number of fused-ring (bicyclic) bond motifs is 1. The van der Waals surface area contributed by atoms with Crippen LogP contribution in [0.5, 0.6) is 0 Å². The van der Waals surface area contributed by atoms with Crippen LogP contribution in [0.15, 0.2) is 23.4 Å². The third-order valence-corrected chi connectivity index (χ3v) is 4.05. The summed E-state index contributed by atoms with van der Waals surface area (Å²) in [6.45, 7) is 3.07. The number of nitrogens with two attached hydrogens (primary N) is 1. The van der Waals surface area contributed by atoms with E-state index in [2.05, 4.69) is 40.0 Å². The molecule has 5 nitrogen and oxygen atoms in total. The third-order valence-electron chi connectivity index (χ3n) is 3.02. The van der Waals surface area contributed by atoms with Crippen LogP contribution in [-0.4, -0.2) is 34.3 Å². The van der Waals surface area contributed by atoms with Gasteiger partial charge in [-0.2, -0.15) is 0 Å². The molecule has 2 aromatic rings. The first kappa shape index (κ1) is 14.9. The molecule has 0 unspecified atom stereocenters. The van der Waals surface area contributed by atoms with Crippen molar-refractivity contribution in [2.45, 2.75) is 18.5 Å². The first-order valence-corrected chi connectivity index (χ1v) is 7.63. The normalized spacial score (nSPS) is 10.9. The van der Waals surface area contributed by atoms with Gasteiger partial charge in [-0.15, -0.1) is 0 Å². The highest BCUT2D eigenvalue weighted by Crippen LogP contribution is 2.23. The maximum Gasteiger partial charge on any atom is 0.220 e. The summed E-state index contributed by atoms with van der Waals surface area (Å²) in [5, 5.41) is 3.70. The second kappa shape index (κ2) is 6.76. The Morgan fingerprint density at radius 1 is 1.50 bits per heavy atom. The average molecular weight is 292 g/mol. The van der Waals surface area contributed by atoms with Crippen molar-refractivity contribution in [3.05, 3.63) is 23.8 Å². The van der Waals surface area contributed by atoms with Crippen LogP contribution < -0.4 is 11.1 Å². The first-order chi connectivity index (χ1) is 9.61. The van der Waals surface area contributed by atoms with Gasteiger partial charge in [-0.05, 0) is 24.6 Å². The minimum Gasteiger partial charge on any atom is -0.355 e. The summed E-state index contributed by atoms with van der Waals surface area (Å²) in [7, 11) is 2.00. The van der Waals surface area contributed by atoms with Gasteiger partial charge in [0.15, 0.2) is 5.16 Å². The number of imidazole rings is 1. The van der Waals surface area contributed by atoms with Crippen LogP contribution in [0.1, 0.15) is 12.0 Å². The van der Waals surface area contributed by atoms with E-state index in [-0.39, 0.29) is 5.91 Å². The molecule has 0 radical (unpaired) electrons. The van der Waals surface area contributed by atoms with Crippen LogP contribution in [0.2, 0.25) is 0 Å². The number of carbonyl (C=O) groups excluding carboxylic acids is 1. The Morgan fingerprint density at radius 3 is 3.05 bits per heavy atom. The second-order valence-electron chi connectivity index (χ2n) is 4.68. The Balaban J connectivity index is 1.96. The number of nitrogens with zero attached hydrogens (tertiary/aromatic N) is 2. The molecule has 20 heavy (non-hydrogen) atoms. The second-order valence-corrected chi connectivity index (χ2v) is 5.74. The zero-order valence-electron chi connectivity index (χ0n) is 11.8. The van der Waals surface area contributed by atoms with E-state index >= 15 is 0 Å². The fourth-order valence-electron chi connectivity index (χ4n) is 1.95. The lowest BCUT2D eigenvalue weighted by molar-refractivity contribution is -0.120. The van der Waals surface area contributed by atoms with Crippen molar-refractivity contribution >= 4 is 28.7 Å². The Hall–Kier alpha value is -1.53. The Kier molecular flexibility index (Phi) is 5.03. The largest absolute Gasteiger partial charge is 0.355 e. The topological polar surface area (TPSA) is 72.9 Å². The standard InChI is InChI=1S/C14H20N4OS/c1-10-3-4-12-11(9-10)17-14(18(12)2)20-8-5-13(19)16-7-6-15/h3-4,9H,5-8,15H2,1-2H3,(H,16,19). The van der Waals surface area contributed by atoms with E-state index in [1.54, 1.807) is 11.8 Å². The Morgan fingerprint density at radius 2 is 2.30 bits per heavy atom. The van der Waals surface area contributed by atoms with Gasteiger partial charge in [0.2, 0.25) is 5.91 Å². The summed E-state index contributed by atoms with van der Waals surface area (Å²) >= 11 is 1.60. The number of rotatable bonds is 6. The zero-order chi connectivity index (χ0) is 14.5. The SMILES string of the molecule is Cc1ccc2c(c1)nc(SCCC(=O)NCCN)n2C. The summed E-state index contributed by atoms with van der Waals surface area (Å²) in [4.78, 5) is 16.1. The molecule has 0 aliphatic heterocycles. The molecule has 0 aliphatic rings. The number of nitrogens with one attached hydrogen (secondary N) is 1. The molecular weight excluding hydrogens is 272 g/mol. The van der Waals surface area contributed by atoms with Crippen LogP contribution in [0.3, 0.4) is 0 Å². The van der Waals surface area contributed by atoms with E-state index in [9.17, 15) is 4.79 Å². The lowest BCUT2D eigenvalue weighted by Crippen LogP contribution is -2.29. The van der Waals surface area contributed by atoms with E-state index in [0.29, 0.717) is 25.3 Å². The molecule has 1 aromatic heterocycles. The molecule has 1 aromatic carbocycles. The highest BCUT2D eigenvalue weighted by molar-refractivity contribution is 7.99. The molecule has 1 amide bonds. The van der Waals surface area contributed by atoms with Gasteiger partial charge in [0.1, 0.15) is 0 Å². The van der Waals surface area contributed by atoms with Gasteiger partial charge >= 0.3 is 0 Å². The fourth-order valence-corrected chi connectivity index (χ4v) is 2.88. The minimum atomic E-state index is 0.0394. The molecule has 3 N–H and O–H groups in total. The molecular formula is C14H20N4OS. The van der Waals surface area contributed by atoms with Gasteiger partial charge in [-0.3, -0.25) is 4.79 Å². The van der Waals surface area contributed by atoms with Gasteiger partial charge in [0.25, 0.3) is 0 Å². The summed E-state index contributed by atoms with van der Waals surface area (Å²) in [6, 6.07) is 6.24. The predicted octanol–water partition coefficient (Wildman–Crippen LogP) is 1.44. The number of carbonyl (C=O) groups is 1. The van der Waals surface area contributed by atoms with Crippen molar-refractivity contribution in [1.82, 2.24) is 14.9 Å². The van der Waals surface area contributed by atoms with Crippen LogP contribution in [0.4, 0.5) is 0 Å². The first-order valence-electron chi connectivity index (χ1n) is 6.64. The highest BCUT2D eigenvalue weighted by Gasteiger charge is 2.09. The van der Waals surface area contributed by atoms with Crippen molar-refractivity contribution in [1.29, 1.82) is 0 Å². The molecule has 0 fully saturated rings. The third kappa shape index (κ3) is 3.52. The van der Waals surface area contributed by atoms with E-state index in [4.69, 9.17) is 5.73 Å². The molecule has 2 rings (SSSR count). The van der Waals surface area contributed by atoms with Crippen molar-refractivity contribution in [2.24, 2.45) is 12.8 Å². The molecule has 0 aliphatic carbocycles. The van der Waals surface area contributed by atoms with E-state index in [1.165, 1.54) is 5.56 Å². The average Bonchev–Trinajstić information content (AvgIpc) is 2.72. The number of aromatic nitrogens is 2. The van der Waals surface area contributed by atoms with Crippen molar-refractivity contribution in [3.63, 3.8) is 0 Å². The molecule has 0 atom stereocenters. The van der Waals surface area contributed by atoms with Gasteiger partial charge < -0.3 is 15.6 Å². The number of benzene rings is 1. The number of hydrogen-bond acceptors (Lipinski definition) is 4. The quantitative estimate of drug-likeness (QED) is 0.790. The van der Waals surface area contributed by atoms with Gasteiger partial charge in [0.05, 0.1) is 11.0 Å². The molecule has 108 valence electrons. The molecule has 0 spiro atoms. The predicted molar refractivity (Wildman–Crippen MR) is 82.9 cm³/mol. The van der Waals surface area contributed by atoms with Crippen LogP contribution in [0, 0.1) is 6.92 Å². The molecule has 0 saturated heterocycles. The van der Waals surface area contributed by atoms with Gasteiger partial charge in [-0.25, -0.2) is 4.98 Å². The molecule has 6 heteroatoms. The van der Waals surface area contributed by atoms with Crippen molar-refractivity contribution < 1.29 is 4.79 Å². The van der Waals surface area contributed by atoms with Crippen molar-refractivity contribution in [3.8, 4) is 0 Å². The van der Waals surface area contributed by atoms with Crippen LogP contribution >= 0.6 is 11.8 Å². The highest BCUT2D eigenvalue weighted by atomic mass is 32.2. The van der Waals surface area contributed by atoms with E-state index < -0.39 is 0 Å². The van der Waals surface area contributed by atoms with Crippen molar-refractivity contribution in [2.75, 3.05) is 18.8 Å². The lowest BCUT2D eigenvalue weighted by Gasteiger charge is -2.03. The summed E-state index contributed by atoms with van der Waals surface area (Å²) in [5.74, 6) is 0.754. The molecule has 1 heterocycles. The fraction of sp³-hybridized carbons (Fsp3) is 0.429. The minimum absolute atomic E-state index is 0.0394. The maximum atomic E-state index is 11.5. The summed E-state index contributed by atoms with van der Waals surface area (Å²) in [5.41, 5.74) is 8.66. The van der Waals surface area contributed by atoms with E-state index in [0.717, 1.165) is 16.2 Å². The summed E-state index contributed by atoms with van der Waals surface area (Å²) < 4.78 is 2.07. The van der Waals surface area contributed by atoms with Gasteiger partial charge in [0, 0.05) is 32.3 Å². The zero-order valence-corrected chi connectivity index (χ0v) is 12.7. The van der Waals surface area contributed by atoms with Crippen LogP contribution in [-0.2, 0) is 11.8 Å². The van der Waals surface area contributed by atoms with E-state index in [1.807, 2.05) is 7.05 Å². The van der Waals surface area contributed by atoms with Gasteiger partial charge in [-0.1, -0.05) is 17.8 Å². The Bertz CT molecular complexity index is 608. The number of aryl methyl sites for hydroxylation is 2. The molecule has 0 bridgehead atoms. The number of hydrogen-bond donors (Lipinski definition) is 2. The number of thioether (sulfide) groups is 1. The smallest absolute Gasteiger partial charge is 0.220 e.